The van der Waals surface area contributed by atoms with E-state index < -0.39 is 0 Å². The maximum atomic E-state index is 12.6. The first-order chi connectivity index (χ1) is 11.9. The Morgan fingerprint density at radius 1 is 1.04 bits per heavy atom. The predicted octanol–water partition coefficient (Wildman–Crippen LogP) is 5.73. The molecule has 0 aliphatic rings. The largest absolute Gasteiger partial charge is 0.482 e. The fourth-order valence-corrected chi connectivity index (χ4v) is 3.25. The Balaban J connectivity index is 1.94. The molecular weight excluding hydrogens is 357 g/mol. The van der Waals surface area contributed by atoms with Crippen LogP contribution in [0.2, 0.25) is 10.0 Å². The highest BCUT2D eigenvalue weighted by molar-refractivity contribution is 6.39. The van der Waals surface area contributed by atoms with E-state index in [0.29, 0.717) is 26.9 Å². The van der Waals surface area contributed by atoms with Crippen molar-refractivity contribution >= 4 is 39.9 Å². The van der Waals surface area contributed by atoms with E-state index in [2.05, 4.69) is 4.98 Å². The standard InChI is InChI=1S/C20H17Cl2NO2/c1-11-4-5-12(2)15(8-11)18(24)10-25-20-17(22)9-16(21)14-7-6-13(3)23-19(14)20/h4-9H,10H2,1-3H3. The molecule has 0 saturated heterocycles. The van der Waals surface area contributed by atoms with Crippen molar-refractivity contribution in [2.75, 3.05) is 6.61 Å². The molecule has 0 radical (unpaired) electrons. The van der Waals surface area contributed by atoms with Crippen LogP contribution in [0.1, 0.15) is 27.2 Å². The molecule has 0 fully saturated rings. The zero-order chi connectivity index (χ0) is 18.1. The SMILES string of the molecule is Cc1ccc(C)c(C(=O)COc2c(Cl)cc(Cl)c3ccc(C)nc23)c1. The van der Waals surface area contributed by atoms with Gasteiger partial charge < -0.3 is 4.74 Å². The zero-order valence-corrected chi connectivity index (χ0v) is 15.7. The molecule has 0 spiro atoms. The molecule has 0 N–H and O–H groups in total. The quantitative estimate of drug-likeness (QED) is 0.548. The molecule has 0 amide bonds. The van der Waals surface area contributed by atoms with Crippen LogP contribution in [0.25, 0.3) is 10.9 Å². The monoisotopic (exact) mass is 373 g/mol. The Labute approximate surface area is 156 Å². The number of fused-ring (bicyclic) bond motifs is 1. The van der Waals surface area contributed by atoms with Gasteiger partial charge in [-0.3, -0.25) is 4.79 Å². The summed E-state index contributed by atoms with van der Waals surface area (Å²) < 4.78 is 5.77. The summed E-state index contributed by atoms with van der Waals surface area (Å²) in [5, 5.41) is 1.58. The van der Waals surface area contributed by atoms with Crippen molar-refractivity contribution in [1.29, 1.82) is 0 Å². The first kappa shape index (κ1) is 17.7. The van der Waals surface area contributed by atoms with Gasteiger partial charge >= 0.3 is 0 Å². The van der Waals surface area contributed by atoms with Gasteiger partial charge in [0.25, 0.3) is 0 Å². The molecule has 0 bridgehead atoms. The number of ketones is 1. The molecule has 3 rings (SSSR count). The molecule has 3 nitrogen and oxygen atoms in total. The Morgan fingerprint density at radius 2 is 1.80 bits per heavy atom. The molecule has 0 atom stereocenters. The Bertz CT molecular complexity index is 983. The highest BCUT2D eigenvalue weighted by Crippen LogP contribution is 2.37. The maximum Gasteiger partial charge on any atom is 0.200 e. The minimum Gasteiger partial charge on any atom is -0.482 e. The third kappa shape index (κ3) is 3.63. The lowest BCUT2D eigenvalue weighted by Crippen LogP contribution is -2.13. The third-order valence-electron chi connectivity index (χ3n) is 4.02. The average molecular weight is 374 g/mol. The summed E-state index contributed by atoms with van der Waals surface area (Å²) >= 11 is 12.5. The Hall–Kier alpha value is -2.10. The second-order valence-corrected chi connectivity index (χ2v) is 6.86. The molecule has 0 aliphatic heterocycles. The van der Waals surface area contributed by atoms with Crippen LogP contribution >= 0.6 is 23.2 Å². The molecule has 0 aliphatic carbocycles. The van der Waals surface area contributed by atoms with E-state index in [-0.39, 0.29) is 12.4 Å². The van der Waals surface area contributed by atoms with Crippen molar-refractivity contribution in [3.63, 3.8) is 0 Å². The molecule has 1 aromatic heterocycles. The van der Waals surface area contributed by atoms with Crippen LogP contribution in [-0.4, -0.2) is 17.4 Å². The van der Waals surface area contributed by atoms with Crippen LogP contribution < -0.4 is 4.74 Å². The average Bonchev–Trinajstić information content (AvgIpc) is 2.56. The normalized spacial score (nSPS) is 10.9. The van der Waals surface area contributed by atoms with Crippen molar-refractivity contribution < 1.29 is 9.53 Å². The molecule has 2 aromatic carbocycles. The Kier molecular flexibility index (Phi) is 4.98. The summed E-state index contributed by atoms with van der Waals surface area (Å²) in [6.45, 7) is 5.62. The number of nitrogens with zero attached hydrogens (tertiary/aromatic N) is 1. The van der Waals surface area contributed by atoms with Crippen molar-refractivity contribution in [3.8, 4) is 5.75 Å². The van der Waals surface area contributed by atoms with Gasteiger partial charge in [-0.1, -0.05) is 40.9 Å². The summed E-state index contributed by atoms with van der Waals surface area (Å²) in [5.74, 6) is 0.274. The van der Waals surface area contributed by atoms with Gasteiger partial charge in [-0.15, -0.1) is 0 Å². The van der Waals surface area contributed by atoms with Gasteiger partial charge in [0.2, 0.25) is 0 Å². The lowest BCUT2D eigenvalue weighted by Gasteiger charge is -2.13. The Morgan fingerprint density at radius 3 is 2.56 bits per heavy atom. The first-order valence-electron chi connectivity index (χ1n) is 7.85. The maximum absolute atomic E-state index is 12.6. The first-order valence-corrected chi connectivity index (χ1v) is 8.61. The van der Waals surface area contributed by atoms with Crippen LogP contribution in [0.3, 0.4) is 0 Å². The van der Waals surface area contributed by atoms with E-state index in [1.165, 1.54) is 0 Å². The van der Waals surface area contributed by atoms with E-state index in [4.69, 9.17) is 27.9 Å². The number of halogens is 2. The summed E-state index contributed by atoms with van der Waals surface area (Å²) in [6.07, 6.45) is 0. The topological polar surface area (TPSA) is 39.2 Å². The zero-order valence-electron chi connectivity index (χ0n) is 14.2. The van der Waals surface area contributed by atoms with E-state index in [1.54, 1.807) is 6.07 Å². The van der Waals surface area contributed by atoms with Crippen LogP contribution in [0.5, 0.6) is 5.75 Å². The number of carbonyl (C=O) groups excluding carboxylic acids is 1. The molecule has 0 saturated carbocycles. The van der Waals surface area contributed by atoms with Gasteiger partial charge in [-0.25, -0.2) is 4.98 Å². The highest BCUT2D eigenvalue weighted by atomic mass is 35.5. The van der Waals surface area contributed by atoms with Gasteiger partial charge in [-0.05, 0) is 50.6 Å². The summed E-state index contributed by atoms with van der Waals surface area (Å²) in [7, 11) is 0. The number of aryl methyl sites for hydroxylation is 3. The second kappa shape index (κ2) is 7.03. The number of Topliss-reactive ketones (excluding diaryl/α,β-unsaturated/α-hetero) is 1. The number of carbonyl (C=O) groups is 1. The number of pyridine rings is 1. The minimum absolute atomic E-state index is 0.104. The summed E-state index contributed by atoms with van der Waals surface area (Å²) in [5.41, 5.74) is 3.97. The van der Waals surface area contributed by atoms with Gasteiger partial charge in [0.15, 0.2) is 18.1 Å². The predicted molar refractivity (Wildman–Crippen MR) is 102 cm³/mol. The van der Waals surface area contributed by atoms with E-state index >= 15 is 0 Å². The molecule has 0 unspecified atom stereocenters. The third-order valence-corrected chi connectivity index (χ3v) is 4.61. The van der Waals surface area contributed by atoms with E-state index in [9.17, 15) is 4.79 Å². The second-order valence-electron chi connectivity index (χ2n) is 6.05. The molecule has 1 heterocycles. The molecule has 128 valence electrons. The van der Waals surface area contributed by atoms with Crippen molar-refractivity contribution in [1.82, 2.24) is 4.98 Å². The van der Waals surface area contributed by atoms with Gasteiger partial charge in [0, 0.05) is 16.6 Å². The minimum atomic E-state index is -0.115. The van der Waals surface area contributed by atoms with Gasteiger partial charge in [0.05, 0.1) is 10.0 Å². The lowest BCUT2D eigenvalue weighted by atomic mass is 10.0. The van der Waals surface area contributed by atoms with Crippen molar-refractivity contribution in [2.24, 2.45) is 0 Å². The number of ether oxygens (including phenoxy) is 1. The number of hydrogen-bond acceptors (Lipinski definition) is 3. The molecule has 25 heavy (non-hydrogen) atoms. The van der Waals surface area contributed by atoms with Crippen LogP contribution in [-0.2, 0) is 0 Å². The highest BCUT2D eigenvalue weighted by Gasteiger charge is 2.16. The van der Waals surface area contributed by atoms with E-state index in [1.807, 2.05) is 51.1 Å². The molecule has 3 aromatic rings. The number of benzene rings is 2. The number of aromatic nitrogens is 1. The van der Waals surface area contributed by atoms with E-state index in [0.717, 1.165) is 22.2 Å². The van der Waals surface area contributed by atoms with Crippen molar-refractivity contribution in [3.05, 3.63) is 68.8 Å². The summed E-state index contributed by atoms with van der Waals surface area (Å²) in [4.78, 5) is 17.0. The van der Waals surface area contributed by atoms with Crippen molar-refractivity contribution in [2.45, 2.75) is 20.8 Å². The van der Waals surface area contributed by atoms with Crippen LogP contribution in [0.15, 0.2) is 36.4 Å². The molecule has 5 heteroatoms. The number of rotatable bonds is 4. The van der Waals surface area contributed by atoms with Gasteiger partial charge in [0.1, 0.15) is 5.52 Å². The van der Waals surface area contributed by atoms with Crippen LogP contribution in [0, 0.1) is 20.8 Å². The number of hydrogen-bond donors (Lipinski definition) is 0. The smallest absolute Gasteiger partial charge is 0.200 e. The summed E-state index contributed by atoms with van der Waals surface area (Å²) in [6, 6.07) is 11.1. The fourth-order valence-electron chi connectivity index (χ4n) is 2.68. The molecular formula is C20H17Cl2NO2. The lowest BCUT2D eigenvalue weighted by molar-refractivity contribution is 0.0922. The van der Waals surface area contributed by atoms with Crippen LogP contribution in [0.4, 0.5) is 0 Å². The fraction of sp³-hybridized carbons (Fsp3) is 0.200. The van der Waals surface area contributed by atoms with Gasteiger partial charge in [-0.2, -0.15) is 0 Å².